The zero-order chi connectivity index (χ0) is 11.4. The van der Waals surface area contributed by atoms with E-state index in [1.54, 1.807) is 0 Å². The third-order valence-corrected chi connectivity index (χ3v) is 5.36. The fourth-order valence-electron chi connectivity index (χ4n) is 1.96. The molecule has 1 fully saturated rings. The average molecular weight is 256 g/mol. The van der Waals surface area contributed by atoms with Gasteiger partial charge in [0.25, 0.3) is 0 Å². The van der Waals surface area contributed by atoms with Crippen LogP contribution >= 0.6 is 23.1 Å². The van der Waals surface area contributed by atoms with Gasteiger partial charge in [0.1, 0.15) is 0 Å². The first-order valence-electron chi connectivity index (χ1n) is 5.99. The van der Waals surface area contributed by atoms with Crippen LogP contribution in [0.3, 0.4) is 0 Å². The molecule has 2 nitrogen and oxygen atoms in total. The third kappa shape index (κ3) is 3.22. The molecule has 0 bridgehead atoms. The lowest BCUT2D eigenvalue weighted by atomic mass is 10.1. The molecule has 1 aromatic rings. The van der Waals surface area contributed by atoms with Gasteiger partial charge in [0.05, 0.1) is 10.7 Å². The zero-order valence-electron chi connectivity index (χ0n) is 10.0. The second-order valence-corrected chi connectivity index (χ2v) is 6.52. The van der Waals surface area contributed by atoms with E-state index < -0.39 is 0 Å². The molecular weight excluding hydrogens is 236 g/mol. The SMILES string of the molecule is CNC(C)Cc1csc(C2CCCSC2)n1. The number of hydrogen-bond acceptors (Lipinski definition) is 4. The van der Waals surface area contributed by atoms with Gasteiger partial charge in [-0.2, -0.15) is 11.8 Å². The molecule has 0 saturated carbocycles. The highest BCUT2D eigenvalue weighted by molar-refractivity contribution is 7.99. The van der Waals surface area contributed by atoms with Crippen LogP contribution in [0.25, 0.3) is 0 Å². The monoisotopic (exact) mass is 256 g/mol. The normalized spacial score (nSPS) is 23.2. The van der Waals surface area contributed by atoms with E-state index in [4.69, 9.17) is 4.98 Å². The van der Waals surface area contributed by atoms with Crippen LogP contribution in [0.15, 0.2) is 5.38 Å². The largest absolute Gasteiger partial charge is 0.317 e. The highest BCUT2D eigenvalue weighted by Gasteiger charge is 2.19. The van der Waals surface area contributed by atoms with Gasteiger partial charge in [0.15, 0.2) is 0 Å². The molecule has 90 valence electrons. The molecule has 1 N–H and O–H groups in total. The maximum absolute atomic E-state index is 4.79. The number of nitrogens with one attached hydrogen (secondary N) is 1. The Balaban J connectivity index is 1.95. The summed E-state index contributed by atoms with van der Waals surface area (Å²) in [6.45, 7) is 2.20. The summed E-state index contributed by atoms with van der Waals surface area (Å²) in [5.74, 6) is 3.34. The van der Waals surface area contributed by atoms with Gasteiger partial charge in [-0.3, -0.25) is 0 Å². The molecule has 2 atom stereocenters. The van der Waals surface area contributed by atoms with Crippen molar-refractivity contribution in [1.82, 2.24) is 10.3 Å². The predicted molar refractivity (Wildman–Crippen MR) is 73.6 cm³/mol. The van der Waals surface area contributed by atoms with Crippen LogP contribution in [-0.4, -0.2) is 29.6 Å². The quantitative estimate of drug-likeness (QED) is 0.896. The van der Waals surface area contributed by atoms with Gasteiger partial charge in [0, 0.05) is 29.5 Å². The third-order valence-electron chi connectivity index (χ3n) is 3.09. The van der Waals surface area contributed by atoms with Crippen molar-refractivity contribution < 1.29 is 0 Å². The molecule has 1 saturated heterocycles. The van der Waals surface area contributed by atoms with Crippen LogP contribution in [0.5, 0.6) is 0 Å². The zero-order valence-corrected chi connectivity index (χ0v) is 11.7. The minimum absolute atomic E-state index is 0.524. The first-order valence-corrected chi connectivity index (χ1v) is 8.02. The minimum Gasteiger partial charge on any atom is -0.317 e. The number of aromatic nitrogens is 1. The van der Waals surface area contributed by atoms with E-state index in [0.717, 1.165) is 12.3 Å². The van der Waals surface area contributed by atoms with Crippen LogP contribution in [-0.2, 0) is 6.42 Å². The van der Waals surface area contributed by atoms with Gasteiger partial charge in [0.2, 0.25) is 0 Å². The van der Waals surface area contributed by atoms with Crippen LogP contribution < -0.4 is 5.32 Å². The van der Waals surface area contributed by atoms with Gasteiger partial charge < -0.3 is 5.32 Å². The standard InChI is InChI=1S/C12H20N2S2/c1-9(13-2)6-11-8-16-12(14-11)10-4-3-5-15-7-10/h8-10,13H,3-7H2,1-2H3. The number of nitrogens with zero attached hydrogens (tertiary/aromatic N) is 1. The van der Waals surface area contributed by atoms with Crippen molar-refractivity contribution >= 4 is 23.1 Å². The second kappa shape index (κ2) is 6.03. The van der Waals surface area contributed by atoms with Crippen molar-refractivity contribution in [2.24, 2.45) is 0 Å². The summed E-state index contributed by atoms with van der Waals surface area (Å²) in [6.07, 6.45) is 3.74. The summed E-state index contributed by atoms with van der Waals surface area (Å²) >= 11 is 3.94. The Hall–Kier alpha value is -0.0600. The number of hydrogen-bond donors (Lipinski definition) is 1. The first kappa shape index (κ1) is 12.4. The topological polar surface area (TPSA) is 24.9 Å². The van der Waals surface area contributed by atoms with E-state index in [2.05, 4.69) is 29.4 Å². The average Bonchev–Trinajstić information content (AvgIpc) is 2.78. The maximum Gasteiger partial charge on any atom is 0.0967 e. The molecule has 0 radical (unpaired) electrons. The lowest BCUT2D eigenvalue weighted by Crippen LogP contribution is -2.23. The Kier molecular flexibility index (Phi) is 4.67. The van der Waals surface area contributed by atoms with E-state index >= 15 is 0 Å². The fourth-order valence-corrected chi connectivity index (χ4v) is 4.18. The molecule has 1 aromatic heterocycles. The maximum atomic E-state index is 4.79. The van der Waals surface area contributed by atoms with Crippen molar-refractivity contribution in [2.45, 2.75) is 38.1 Å². The molecular formula is C12H20N2S2. The van der Waals surface area contributed by atoms with Gasteiger partial charge >= 0.3 is 0 Å². The summed E-state index contributed by atoms with van der Waals surface area (Å²) in [5.41, 5.74) is 1.26. The molecule has 2 unspecified atom stereocenters. The van der Waals surface area contributed by atoms with Gasteiger partial charge in [-0.15, -0.1) is 11.3 Å². The van der Waals surface area contributed by atoms with E-state index in [1.807, 2.05) is 18.4 Å². The minimum atomic E-state index is 0.524. The Labute approximate surface area is 106 Å². The van der Waals surface area contributed by atoms with Gasteiger partial charge in [-0.05, 0) is 32.6 Å². The fraction of sp³-hybridized carbons (Fsp3) is 0.750. The van der Waals surface area contributed by atoms with Crippen molar-refractivity contribution in [3.63, 3.8) is 0 Å². The van der Waals surface area contributed by atoms with Crippen molar-refractivity contribution in [3.05, 3.63) is 16.1 Å². The van der Waals surface area contributed by atoms with E-state index in [9.17, 15) is 0 Å². The highest BCUT2D eigenvalue weighted by Crippen LogP contribution is 2.32. The molecule has 1 aliphatic rings. The van der Waals surface area contributed by atoms with Gasteiger partial charge in [-0.1, -0.05) is 0 Å². The molecule has 2 heterocycles. The summed E-state index contributed by atoms with van der Waals surface area (Å²) in [5, 5.41) is 6.87. The molecule has 2 rings (SSSR count). The summed E-state index contributed by atoms with van der Waals surface area (Å²) < 4.78 is 0. The number of likely N-dealkylation sites (N-methyl/N-ethyl adjacent to an activating group) is 1. The lowest BCUT2D eigenvalue weighted by molar-refractivity contribution is 0.597. The van der Waals surface area contributed by atoms with Gasteiger partial charge in [-0.25, -0.2) is 4.98 Å². The highest BCUT2D eigenvalue weighted by atomic mass is 32.2. The van der Waals surface area contributed by atoms with Crippen molar-refractivity contribution in [1.29, 1.82) is 0 Å². The Morgan fingerprint density at radius 1 is 1.62 bits per heavy atom. The number of thioether (sulfide) groups is 1. The number of rotatable bonds is 4. The Bertz CT molecular complexity index is 319. The van der Waals surface area contributed by atoms with Crippen molar-refractivity contribution in [2.75, 3.05) is 18.6 Å². The van der Waals surface area contributed by atoms with E-state index in [1.165, 1.54) is 35.0 Å². The molecule has 16 heavy (non-hydrogen) atoms. The van der Waals surface area contributed by atoms with Crippen LogP contribution in [0.1, 0.15) is 36.4 Å². The first-order chi connectivity index (χ1) is 7.79. The molecule has 0 amide bonds. The number of thiazole rings is 1. The van der Waals surface area contributed by atoms with Crippen molar-refractivity contribution in [3.8, 4) is 0 Å². The summed E-state index contributed by atoms with van der Waals surface area (Å²) in [6, 6.07) is 0.524. The Morgan fingerprint density at radius 2 is 2.50 bits per heavy atom. The predicted octanol–water partition coefficient (Wildman–Crippen LogP) is 2.90. The van der Waals surface area contributed by atoms with E-state index in [-0.39, 0.29) is 0 Å². The molecule has 4 heteroatoms. The van der Waals surface area contributed by atoms with Crippen LogP contribution in [0, 0.1) is 0 Å². The summed E-state index contributed by atoms with van der Waals surface area (Å²) in [4.78, 5) is 4.79. The summed E-state index contributed by atoms with van der Waals surface area (Å²) in [7, 11) is 2.01. The molecule has 1 aliphatic heterocycles. The molecule has 0 aliphatic carbocycles. The second-order valence-electron chi connectivity index (χ2n) is 4.48. The van der Waals surface area contributed by atoms with Crippen LogP contribution in [0.2, 0.25) is 0 Å². The smallest absolute Gasteiger partial charge is 0.0967 e. The molecule has 0 spiro atoms. The Morgan fingerprint density at radius 3 is 3.19 bits per heavy atom. The molecule has 0 aromatic carbocycles. The van der Waals surface area contributed by atoms with Crippen LogP contribution in [0.4, 0.5) is 0 Å². The van der Waals surface area contributed by atoms with E-state index in [0.29, 0.717) is 6.04 Å². The lowest BCUT2D eigenvalue weighted by Gasteiger charge is -2.18.